The number of carbonyl (C=O) groups is 3. The maximum atomic E-state index is 13.8. The number of alkyl carbamates (subject to hydrolysis) is 1. The van der Waals surface area contributed by atoms with Gasteiger partial charge >= 0.3 is 6.09 Å². The van der Waals surface area contributed by atoms with Gasteiger partial charge in [-0.05, 0) is 78.5 Å². The van der Waals surface area contributed by atoms with Crippen molar-refractivity contribution in [3.05, 3.63) is 34.9 Å². The molecule has 1 aromatic carbocycles. The van der Waals surface area contributed by atoms with Crippen molar-refractivity contribution in [2.45, 2.75) is 111 Å². The summed E-state index contributed by atoms with van der Waals surface area (Å²) in [5.41, 5.74) is 1.48. The average Bonchev–Trinajstić information content (AvgIpc) is 2.73. The van der Waals surface area contributed by atoms with Crippen LogP contribution >= 0.6 is 0 Å². The molecule has 0 radical (unpaired) electrons. The van der Waals surface area contributed by atoms with Gasteiger partial charge in [0.25, 0.3) is 0 Å². The van der Waals surface area contributed by atoms with Gasteiger partial charge in [0.15, 0.2) is 0 Å². The molecule has 2 unspecified atom stereocenters. The van der Waals surface area contributed by atoms with E-state index >= 15 is 0 Å². The van der Waals surface area contributed by atoms with Crippen LogP contribution in [0.25, 0.3) is 0 Å². The molecule has 0 saturated carbocycles. The van der Waals surface area contributed by atoms with Crippen molar-refractivity contribution < 1.29 is 24.2 Å². The third-order valence-corrected chi connectivity index (χ3v) is 5.61. The summed E-state index contributed by atoms with van der Waals surface area (Å²) in [4.78, 5) is 41.3. The van der Waals surface area contributed by atoms with E-state index in [9.17, 15) is 19.5 Å². The van der Waals surface area contributed by atoms with Crippen molar-refractivity contribution in [2.24, 2.45) is 0 Å². The van der Waals surface area contributed by atoms with Gasteiger partial charge in [-0.15, -0.1) is 0 Å². The Labute approximate surface area is 217 Å². The van der Waals surface area contributed by atoms with Crippen molar-refractivity contribution in [3.63, 3.8) is 0 Å². The van der Waals surface area contributed by atoms with E-state index < -0.39 is 41.8 Å². The maximum Gasteiger partial charge on any atom is 0.408 e. The van der Waals surface area contributed by atoms with E-state index in [-0.39, 0.29) is 5.91 Å². The molecule has 0 spiro atoms. The van der Waals surface area contributed by atoms with Crippen LogP contribution in [-0.4, -0.2) is 58.2 Å². The van der Waals surface area contributed by atoms with Crippen LogP contribution in [0.1, 0.15) is 96.9 Å². The quantitative estimate of drug-likeness (QED) is 0.382. The third-order valence-electron chi connectivity index (χ3n) is 5.61. The molecule has 1 aromatic rings. The Morgan fingerprint density at radius 1 is 1.00 bits per heavy atom. The second kappa shape index (κ2) is 13.6. The highest BCUT2D eigenvalue weighted by atomic mass is 16.6. The fourth-order valence-corrected chi connectivity index (χ4v) is 3.76. The minimum Gasteiger partial charge on any atom is -0.444 e. The number of rotatable bonds is 11. The lowest BCUT2D eigenvalue weighted by atomic mass is 9.97. The number of hydrogen-bond donors (Lipinski definition) is 3. The molecule has 36 heavy (non-hydrogen) atoms. The van der Waals surface area contributed by atoms with E-state index in [0.717, 1.165) is 30.4 Å². The van der Waals surface area contributed by atoms with E-state index in [4.69, 9.17) is 4.74 Å². The second-order valence-electron chi connectivity index (χ2n) is 11.5. The highest BCUT2D eigenvalue weighted by Gasteiger charge is 2.37. The molecule has 0 heterocycles. The molecule has 0 aliphatic carbocycles. The minimum absolute atomic E-state index is 0.306. The Morgan fingerprint density at radius 3 is 2.14 bits per heavy atom. The number of ether oxygens (including phenoxy) is 1. The molecule has 0 aliphatic heterocycles. The second-order valence-corrected chi connectivity index (χ2v) is 11.5. The van der Waals surface area contributed by atoms with Crippen LogP contribution in [0.2, 0.25) is 0 Å². The van der Waals surface area contributed by atoms with E-state index in [0.29, 0.717) is 18.5 Å². The van der Waals surface area contributed by atoms with E-state index in [1.807, 2.05) is 52.8 Å². The Hall–Kier alpha value is -2.61. The molecule has 1 rings (SSSR count). The first-order chi connectivity index (χ1) is 16.6. The molecule has 3 N–H and O–H groups in total. The van der Waals surface area contributed by atoms with E-state index in [1.165, 1.54) is 4.90 Å². The van der Waals surface area contributed by atoms with Crippen LogP contribution < -0.4 is 10.6 Å². The minimum atomic E-state index is -1.25. The number of carbonyl (C=O) groups excluding carboxylic acids is 3. The van der Waals surface area contributed by atoms with Crippen LogP contribution in [0.4, 0.5) is 4.79 Å². The number of aliphatic hydroxyl groups is 1. The van der Waals surface area contributed by atoms with Gasteiger partial charge in [0.05, 0.1) is 6.61 Å². The molecule has 0 saturated heterocycles. The van der Waals surface area contributed by atoms with Crippen molar-refractivity contribution in [1.29, 1.82) is 0 Å². The molecule has 2 atom stereocenters. The Morgan fingerprint density at radius 2 is 1.64 bits per heavy atom. The lowest BCUT2D eigenvalue weighted by molar-refractivity contribution is -0.144. The van der Waals surface area contributed by atoms with Gasteiger partial charge in [-0.2, -0.15) is 0 Å². The van der Waals surface area contributed by atoms with Gasteiger partial charge in [0, 0.05) is 12.1 Å². The summed E-state index contributed by atoms with van der Waals surface area (Å²) in [6.07, 6.45) is 2.81. The molecular weight excluding hydrogens is 458 g/mol. The van der Waals surface area contributed by atoms with Crippen LogP contribution in [0.3, 0.4) is 0 Å². The first-order valence-corrected chi connectivity index (χ1v) is 12.9. The summed E-state index contributed by atoms with van der Waals surface area (Å²) < 4.78 is 5.29. The summed E-state index contributed by atoms with van der Waals surface area (Å²) in [5, 5.41) is 15.5. The van der Waals surface area contributed by atoms with Crippen LogP contribution in [0.5, 0.6) is 0 Å². The number of aryl methyl sites for hydroxylation is 2. The predicted octanol–water partition coefficient (Wildman–Crippen LogP) is 4.55. The Bertz CT molecular complexity index is 886. The first-order valence-electron chi connectivity index (χ1n) is 12.9. The molecule has 0 bridgehead atoms. The van der Waals surface area contributed by atoms with Gasteiger partial charge in [0.1, 0.15) is 17.7 Å². The fraction of sp³-hybridized carbons (Fsp3) is 0.679. The number of aliphatic hydroxyl groups excluding tert-OH is 1. The van der Waals surface area contributed by atoms with Gasteiger partial charge in [-0.3, -0.25) is 9.59 Å². The number of unbranched alkanes of at least 4 members (excludes halogenated alkanes) is 3. The lowest BCUT2D eigenvalue weighted by Crippen LogP contribution is -2.55. The zero-order valence-corrected chi connectivity index (χ0v) is 23.7. The van der Waals surface area contributed by atoms with Crippen molar-refractivity contribution in [1.82, 2.24) is 15.5 Å². The normalized spacial score (nSPS) is 13.5. The number of amides is 3. The van der Waals surface area contributed by atoms with Gasteiger partial charge < -0.3 is 25.4 Å². The molecule has 8 heteroatoms. The number of hydrogen-bond acceptors (Lipinski definition) is 5. The van der Waals surface area contributed by atoms with Gasteiger partial charge in [-0.25, -0.2) is 4.79 Å². The molecule has 204 valence electrons. The van der Waals surface area contributed by atoms with Crippen molar-refractivity contribution >= 4 is 17.9 Å². The Kier molecular flexibility index (Phi) is 11.9. The zero-order chi connectivity index (χ0) is 27.7. The van der Waals surface area contributed by atoms with Crippen LogP contribution in [0, 0.1) is 13.8 Å². The first kappa shape index (κ1) is 31.4. The average molecular weight is 506 g/mol. The smallest absolute Gasteiger partial charge is 0.408 e. The molecule has 0 fully saturated rings. The highest BCUT2D eigenvalue weighted by Crippen LogP contribution is 2.26. The topological polar surface area (TPSA) is 108 Å². The molecule has 8 nitrogen and oxygen atoms in total. The summed E-state index contributed by atoms with van der Waals surface area (Å²) in [6, 6.07) is 3.54. The zero-order valence-electron chi connectivity index (χ0n) is 23.7. The highest BCUT2D eigenvalue weighted by molar-refractivity contribution is 5.92. The summed E-state index contributed by atoms with van der Waals surface area (Å²) >= 11 is 0. The van der Waals surface area contributed by atoms with Crippen molar-refractivity contribution in [3.8, 4) is 0 Å². The molecular formula is C28H47N3O5. The third kappa shape index (κ3) is 10.6. The summed E-state index contributed by atoms with van der Waals surface area (Å²) in [6.45, 7) is 16.5. The van der Waals surface area contributed by atoms with Gasteiger partial charge in [0.2, 0.25) is 11.8 Å². The number of nitrogens with zero attached hydrogens (tertiary/aromatic N) is 1. The Balaban J connectivity index is 3.46. The SMILES string of the molecule is CCCCCCN(C(=O)C(CO)NC(=O)OC(C)(C)C)C(C(=O)NC(C)(C)C)c1ccc(C)c(C)c1. The number of benzene rings is 1. The van der Waals surface area contributed by atoms with Crippen LogP contribution in [0.15, 0.2) is 18.2 Å². The van der Waals surface area contributed by atoms with Crippen LogP contribution in [-0.2, 0) is 14.3 Å². The van der Waals surface area contributed by atoms with Crippen molar-refractivity contribution in [2.75, 3.05) is 13.2 Å². The largest absolute Gasteiger partial charge is 0.444 e. The summed E-state index contributed by atoms with van der Waals surface area (Å²) in [5.74, 6) is -0.851. The molecule has 0 aliphatic rings. The fourth-order valence-electron chi connectivity index (χ4n) is 3.76. The molecule has 3 amide bonds. The standard InChI is InChI=1S/C28H47N3O5/c1-10-11-12-13-16-31(25(34)22(18-32)29-26(35)36-28(7,8)9)23(24(33)30-27(4,5)6)21-15-14-19(2)20(3)17-21/h14-15,17,22-23,32H,10-13,16,18H2,1-9H3,(H,29,35)(H,30,33). The van der Waals surface area contributed by atoms with E-state index in [1.54, 1.807) is 20.8 Å². The van der Waals surface area contributed by atoms with E-state index in [2.05, 4.69) is 17.6 Å². The molecule has 0 aromatic heterocycles. The monoisotopic (exact) mass is 505 g/mol. The maximum absolute atomic E-state index is 13.8. The summed E-state index contributed by atoms with van der Waals surface area (Å²) in [7, 11) is 0. The lowest BCUT2D eigenvalue weighted by Gasteiger charge is -2.36. The number of nitrogens with one attached hydrogen (secondary N) is 2. The predicted molar refractivity (Wildman–Crippen MR) is 143 cm³/mol. The van der Waals surface area contributed by atoms with Gasteiger partial charge in [-0.1, -0.05) is 44.4 Å².